The number of methoxy groups -OCH3 is 2. The van der Waals surface area contributed by atoms with Crippen molar-refractivity contribution < 1.29 is 19.0 Å². The molecule has 0 atom stereocenters. The van der Waals surface area contributed by atoms with Crippen molar-refractivity contribution in [3.8, 4) is 11.5 Å². The zero-order chi connectivity index (χ0) is 16.7. The minimum atomic E-state index is -0.429. The van der Waals surface area contributed by atoms with E-state index in [2.05, 4.69) is 0 Å². The number of carbonyl (C=O) groups is 1. The molecular formula is C18H17ClO4. The van der Waals surface area contributed by atoms with Crippen molar-refractivity contribution in [2.24, 2.45) is 0 Å². The van der Waals surface area contributed by atoms with Crippen molar-refractivity contribution in [2.75, 3.05) is 14.2 Å². The van der Waals surface area contributed by atoms with E-state index >= 15 is 0 Å². The number of halogens is 1. The van der Waals surface area contributed by atoms with Gasteiger partial charge in [0, 0.05) is 17.2 Å². The number of esters is 1. The average Bonchev–Trinajstić information content (AvgIpc) is 2.59. The Labute approximate surface area is 140 Å². The van der Waals surface area contributed by atoms with Crippen LogP contribution in [0.1, 0.15) is 11.1 Å². The standard InChI is InChI=1S/C18H17ClO4/c1-21-16-9-14(10-17(11-16)22-2)5-8-18(20)23-12-13-3-6-15(19)7-4-13/h3-11H,12H2,1-2H3/b8-5+. The summed E-state index contributed by atoms with van der Waals surface area (Å²) in [5, 5.41) is 0.645. The van der Waals surface area contributed by atoms with Crippen molar-refractivity contribution >= 4 is 23.6 Å². The highest BCUT2D eigenvalue weighted by molar-refractivity contribution is 6.30. The summed E-state index contributed by atoms with van der Waals surface area (Å²) in [4.78, 5) is 11.8. The summed E-state index contributed by atoms with van der Waals surface area (Å²) in [5.74, 6) is 0.874. The Hall–Kier alpha value is -2.46. The summed E-state index contributed by atoms with van der Waals surface area (Å²) >= 11 is 5.80. The Balaban J connectivity index is 1.96. The van der Waals surface area contributed by atoms with Crippen LogP contribution in [0.4, 0.5) is 0 Å². The van der Waals surface area contributed by atoms with E-state index in [1.807, 2.05) is 12.1 Å². The highest BCUT2D eigenvalue weighted by atomic mass is 35.5. The smallest absolute Gasteiger partial charge is 0.331 e. The van der Waals surface area contributed by atoms with E-state index in [0.29, 0.717) is 16.5 Å². The number of rotatable bonds is 6. The molecule has 4 nitrogen and oxygen atoms in total. The van der Waals surface area contributed by atoms with Crippen LogP contribution in [-0.2, 0) is 16.1 Å². The van der Waals surface area contributed by atoms with Crippen LogP contribution in [0.2, 0.25) is 5.02 Å². The fraction of sp³-hybridized carbons (Fsp3) is 0.167. The Morgan fingerprint density at radius 3 is 2.22 bits per heavy atom. The molecule has 0 aliphatic carbocycles. The van der Waals surface area contributed by atoms with Gasteiger partial charge in [0.05, 0.1) is 14.2 Å². The molecule has 0 spiro atoms. The van der Waals surface area contributed by atoms with Crippen molar-refractivity contribution in [3.05, 3.63) is 64.7 Å². The Morgan fingerprint density at radius 2 is 1.65 bits per heavy atom. The predicted molar refractivity (Wildman–Crippen MR) is 89.8 cm³/mol. The molecule has 0 unspecified atom stereocenters. The third-order valence-electron chi connectivity index (χ3n) is 3.08. The summed E-state index contributed by atoms with van der Waals surface area (Å²) in [7, 11) is 3.14. The van der Waals surface area contributed by atoms with Gasteiger partial charge in [0.15, 0.2) is 0 Å². The van der Waals surface area contributed by atoms with Crippen LogP contribution in [0, 0.1) is 0 Å². The third kappa shape index (κ3) is 5.34. The van der Waals surface area contributed by atoms with Crippen LogP contribution >= 0.6 is 11.6 Å². The minimum Gasteiger partial charge on any atom is -0.497 e. The summed E-state index contributed by atoms with van der Waals surface area (Å²) < 4.78 is 15.5. The van der Waals surface area contributed by atoms with Gasteiger partial charge in [-0.25, -0.2) is 4.79 Å². The number of ether oxygens (including phenoxy) is 3. The molecule has 5 heteroatoms. The third-order valence-corrected chi connectivity index (χ3v) is 3.33. The molecule has 2 aromatic carbocycles. The highest BCUT2D eigenvalue weighted by Gasteiger charge is 2.02. The first-order valence-corrected chi connectivity index (χ1v) is 7.31. The van der Waals surface area contributed by atoms with E-state index in [4.69, 9.17) is 25.8 Å². The quantitative estimate of drug-likeness (QED) is 0.590. The summed E-state index contributed by atoms with van der Waals surface area (Å²) in [5.41, 5.74) is 1.66. The second-order valence-electron chi connectivity index (χ2n) is 4.71. The van der Waals surface area contributed by atoms with Crippen molar-refractivity contribution in [3.63, 3.8) is 0 Å². The largest absolute Gasteiger partial charge is 0.497 e. The number of hydrogen-bond donors (Lipinski definition) is 0. The maximum absolute atomic E-state index is 11.8. The van der Waals surface area contributed by atoms with E-state index in [0.717, 1.165) is 11.1 Å². The molecule has 0 saturated carbocycles. The molecular weight excluding hydrogens is 316 g/mol. The molecule has 120 valence electrons. The van der Waals surface area contributed by atoms with Gasteiger partial charge in [-0.05, 0) is 41.5 Å². The van der Waals surface area contributed by atoms with Gasteiger partial charge >= 0.3 is 5.97 Å². The minimum absolute atomic E-state index is 0.196. The van der Waals surface area contributed by atoms with Crippen LogP contribution in [0.5, 0.6) is 11.5 Å². The van der Waals surface area contributed by atoms with Crippen LogP contribution in [-0.4, -0.2) is 20.2 Å². The van der Waals surface area contributed by atoms with Gasteiger partial charge in [-0.3, -0.25) is 0 Å². The maximum Gasteiger partial charge on any atom is 0.331 e. The zero-order valence-corrected chi connectivity index (χ0v) is 13.7. The lowest BCUT2D eigenvalue weighted by Crippen LogP contribution is -2.00. The van der Waals surface area contributed by atoms with E-state index in [9.17, 15) is 4.79 Å². The molecule has 0 aliphatic rings. The second kappa shape index (κ2) is 8.25. The van der Waals surface area contributed by atoms with Gasteiger partial charge in [-0.15, -0.1) is 0 Å². The zero-order valence-electron chi connectivity index (χ0n) is 12.9. The molecule has 0 saturated heterocycles. The number of benzene rings is 2. The Kier molecular flexibility index (Phi) is 6.06. The highest BCUT2D eigenvalue weighted by Crippen LogP contribution is 2.23. The lowest BCUT2D eigenvalue weighted by atomic mass is 10.2. The molecule has 2 aromatic rings. The van der Waals surface area contributed by atoms with Crippen molar-refractivity contribution in [1.82, 2.24) is 0 Å². The fourth-order valence-corrected chi connectivity index (χ4v) is 2.00. The van der Waals surface area contributed by atoms with E-state index < -0.39 is 5.97 Å². The molecule has 0 heterocycles. The van der Waals surface area contributed by atoms with Gasteiger partial charge in [0.25, 0.3) is 0 Å². The van der Waals surface area contributed by atoms with Crippen LogP contribution < -0.4 is 9.47 Å². The van der Waals surface area contributed by atoms with Gasteiger partial charge in [-0.1, -0.05) is 23.7 Å². The van der Waals surface area contributed by atoms with E-state index in [1.165, 1.54) is 6.08 Å². The molecule has 0 aromatic heterocycles. The van der Waals surface area contributed by atoms with Crippen molar-refractivity contribution in [1.29, 1.82) is 0 Å². The Bertz CT molecular complexity index is 670. The monoisotopic (exact) mass is 332 g/mol. The van der Waals surface area contributed by atoms with Gasteiger partial charge in [0.2, 0.25) is 0 Å². The molecule has 0 aliphatic heterocycles. The van der Waals surface area contributed by atoms with Gasteiger partial charge in [0.1, 0.15) is 18.1 Å². The normalized spacial score (nSPS) is 10.6. The maximum atomic E-state index is 11.8. The first-order valence-electron chi connectivity index (χ1n) is 6.93. The molecule has 0 radical (unpaired) electrons. The molecule has 0 fully saturated rings. The summed E-state index contributed by atoms with van der Waals surface area (Å²) in [6, 6.07) is 12.5. The fourth-order valence-electron chi connectivity index (χ4n) is 1.87. The SMILES string of the molecule is COc1cc(/C=C/C(=O)OCc2ccc(Cl)cc2)cc(OC)c1. The van der Waals surface area contributed by atoms with Crippen LogP contribution in [0.25, 0.3) is 6.08 Å². The second-order valence-corrected chi connectivity index (χ2v) is 5.15. The lowest BCUT2D eigenvalue weighted by molar-refractivity contribution is -0.138. The molecule has 0 N–H and O–H groups in total. The topological polar surface area (TPSA) is 44.8 Å². The molecule has 23 heavy (non-hydrogen) atoms. The van der Waals surface area contributed by atoms with Crippen LogP contribution in [0.15, 0.2) is 48.5 Å². The first-order chi connectivity index (χ1) is 11.1. The van der Waals surface area contributed by atoms with Gasteiger partial charge in [-0.2, -0.15) is 0 Å². The molecule has 2 rings (SSSR count). The van der Waals surface area contributed by atoms with E-state index in [-0.39, 0.29) is 6.61 Å². The lowest BCUT2D eigenvalue weighted by Gasteiger charge is -2.06. The van der Waals surface area contributed by atoms with E-state index in [1.54, 1.807) is 50.6 Å². The van der Waals surface area contributed by atoms with Crippen molar-refractivity contribution in [2.45, 2.75) is 6.61 Å². The molecule has 0 bridgehead atoms. The average molecular weight is 333 g/mol. The summed E-state index contributed by atoms with van der Waals surface area (Å²) in [6.45, 7) is 0.196. The van der Waals surface area contributed by atoms with Crippen LogP contribution in [0.3, 0.4) is 0 Å². The number of hydrogen-bond acceptors (Lipinski definition) is 4. The Morgan fingerprint density at radius 1 is 1.04 bits per heavy atom. The predicted octanol–water partition coefficient (Wildman–Crippen LogP) is 4.11. The summed E-state index contributed by atoms with van der Waals surface area (Å²) in [6.07, 6.45) is 3.01. The van der Waals surface area contributed by atoms with Gasteiger partial charge < -0.3 is 14.2 Å². The number of carbonyl (C=O) groups excluding carboxylic acids is 1. The molecule has 0 amide bonds. The first kappa shape index (κ1) is 16.9.